The van der Waals surface area contributed by atoms with Crippen LogP contribution in [0, 0.1) is 0 Å². The molecule has 1 aliphatic heterocycles. The molecule has 0 radical (unpaired) electrons. The van der Waals surface area contributed by atoms with E-state index in [1.54, 1.807) is 14.2 Å². The molecule has 1 aliphatic rings. The molecule has 1 N–H and O–H groups in total. The summed E-state index contributed by atoms with van der Waals surface area (Å²) in [5, 5.41) is 5.76. The minimum Gasteiger partial charge on any atom is -0.493 e. The monoisotopic (exact) mass is 481 g/mol. The van der Waals surface area contributed by atoms with Gasteiger partial charge in [-0.15, -0.1) is 11.3 Å². The third kappa shape index (κ3) is 5.58. The number of methoxy groups -OCH3 is 2. The smallest absolute Gasteiger partial charge is 0.270 e. The van der Waals surface area contributed by atoms with E-state index in [4.69, 9.17) is 14.2 Å². The maximum atomic E-state index is 13.0. The van der Waals surface area contributed by atoms with Gasteiger partial charge < -0.3 is 19.5 Å². The van der Waals surface area contributed by atoms with Crippen LogP contribution < -0.4 is 14.8 Å². The van der Waals surface area contributed by atoms with Gasteiger partial charge in [0.2, 0.25) is 0 Å². The minimum atomic E-state index is -0.175. The number of morpholine rings is 1. The quantitative estimate of drug-likeness (QED) is 0.494. The van der Waals surface area contributed by atoms with Gasteiger partial charge in [-0.25, -0.2) is 4.98 Å². The number of aryl methyl sites for hydroxylation is 1. The first-order valence-electron chi connectivity index (χ1n) is 11.5. The molecule has 1 amide bonds. The zero-order valence-corrected chi connectivity index (χ0v) is 20.7. The Balaban J connectivity index is 1.49. The van der Waals surface area contributed by atoms with Crippen molar-refractivity contribution in [2.24, 2.45) is 0 Å². The predicted molar refractivity (Wildman–Crippen MR) is 134 cm³/mol. The molecule has 0 unspecified atom stereocenters. The number of carbonyl (C=O) groups excluding carboxylic acids is 1. The molecule has 1 aromatic heterocycles. The lowest BCUT2D eigenvalue weighted by atomic mass is 10.0. The van der Waals surface area contributed by atoms with E-state index in [-0.39, 0.29) is 11.9 Å². The van der Waals surface area contributed by atoms with E-state index in [0.29, 0.717) is 37.0 Å². The summed E-state index contributed by atoms with van der Waals surface area (Å²) in [6, 6.07) is 14.2. The van der Waals surface area contributed by atoms with E-state index < -0.39 is 0 Å². The molecular weight excluding hydrogens is 450 g/mol. The van der Waals surface area contributed by atoms with Gasteiger partial charge >= 0.3 is 0 Å². The van der Waals surface area contributed by atoms with Gasteiger partial charge in [0.25, 0.3) is 5.91 Å². The van der Waals surface area contributed by atoms with E-state index in [1.807, 2.05) is 23.6 Å². The number of hydrogen-bond donors (Lipinski definition) is 1. The van der Waals surface area contributed by atoms with Crippen LogP contribution in [0.2, 0.25) is 0 Å². The number of rotatable bonds is 9. The highest BCUT2D eigenvalue weighted by Crippen LogP contribution is 2.32. The molecule has 7 nitrogen and oxygen atoms in total. The number of nitrogens with zero attached hydrogens (tertiary/aromatic N) is 2. The average Bonchev–Trinajstić information content (AvgIpc) is 3.40. The number of hydrogen-bond acceptors (Lipinski definition) is 7. The Morgan fingerprint density at radius 1 is 1.12 bits per heavy atom. The third-order valence-corrected chi connectivity index (χ3v) is 6.97. The molecule has 2 heterocycles. The van der Waals surface area contributed by atoms with Crippen molar-refractivity contribution in [3.8, 4) is 22.1 Å². The summed E-state index contributed by atoms with van der Waals surface area (Å²) in [5.41, 5.74) is 3.79. The summed E-state index contributed by atoms with van der Waals surface area (Å²) in [7, 11) is 3.25. The number of ether oxygens (including phenoxy) is 3. The Labute approximate surface area is 204 Å². The second-order valence-electron chi connectivity index (χ2n) is 8.08. The number of aromatic nitrogens is 1. The normalized spacial score (nSPS) is 15.0. The van der Waals surface area contributed by atoms with Gasteiger partial charge in [0.1, 0.15) is 10.7 Å². The first kappa shape index (κ1) is 24.2. The van der Waals surface area contributed by atoms with Crippen LogP contribution in [0.5, 0.6) is 11.5 Å². The van der Waals surface area contributed by atoms with Crippen LogP contribution in [-0.4, -0.2) is 62.9 Å². The fraction of sp³-hybridized carbons (Fsp3) is 0.385. The topological polar surface area (TPSA) is 72.9 Å². The molecule has 180 valence electrons. The SMILES string of the molecule is CCc1ccc(-c2nc(C(=O)NC[C@@H](c3ccc(OC)c(OC)c3)N3CCOCC3)cs2)cc1. The van der Waals surface area contributed by atoms with Gasteiger partial charge in [-0.05, 0) is 29.7 Å². The summed E-state index contributed by atoms with van der Waals surface area (Å²) in [4.78, 5) is 19.9. The zero-order valence-electron chi connectivity index (χ0n) is 19.9. The van der Waals surface area contributed by atoms with Gasteiger partial charge in [0, 0.05) is 30.6 Å². The number of thiazole rings is 1. The van der Waals surface area contributed by atoms with Crippen molar-refractivity contribution in [1.29, 1.82) is 0 Å². The molecule has 34 heavy (non-hydrogen) atoms. The van der Waals surface area contributed by atoms with Crippen LogP contribution in [0.4, 0.5) is 0 Å². The van der Waals surface area contributed by atoms with Crippen molar-refractivity contribution in [3.63, 3.8) is 0 Å². The first-order chi connectivity index (χ1) is 16.6. The largest absolute Gasteiger partial charge is 0.493 e. The van der Waals surface area contributed by atoms with Crippen LogP contribution in [0.1, 0.15) is 34.6 Å². The lowest BCUT2D eigenvalue weighted by Crippen LogP contribution is -2.43. The van der Waals surface area contributed by atoms with Crippen LogP contribution in [0.15, 0.2) is 47.8 Å². The van der Waals surface area contributed by atoms with Crippen molar-refractivity contribution in [2.75, 3.05) is 47.1 Å². The van der Waals surface area contributed by atoms with Crippen molar-refractivity contribution in [1.82, 2.24) is 15.2 Å². The van der Waals surface area contributed by atoms with E-state index in [1.165, 1.54) is 16.9 Å². The highest BCUT2D eigenvalue weighted by molar-refractivity contribution is 7.13. The lowest BCUT2D eigenvalue weighted by molar-refractivity contribution is 0.0161. The number of nitrogens with one attached hydrogen (secondary N) is 1. The number of carbonyl (C=O) groups is 1. The van der Waals surface area contributed by atoms with Crippen molar-refractivity contribution in [2.45, 2.75) is 19.4 Å². The van der Waals surface area contributed by atoms with E-state index >= 15 is 0 Å². The van der Waals surface area contributed by atoms with Gasteiger partial charge in [-0.3, -0.25) is 9.69 Å². The molecule has 3 aromatic rings. The van der Waals surface area contributed by atoms with Crippen molar-refractivity contribution in [3.05, 3.63) is 64.7 Å². The van der Waals surface area contributed by atoms with Crippen molar-refractivity contribution >= 4 is 17.2 Å². The third-order valence-electron chi connectivity index (χ3n) is 6.08. The van der Waals surface area contributed by atoms with E-state index in [0.717, 1.165) is 35.6 Å². The van der Waals surface area contributed by atoms with Crippen LogP contribution in [0.25, 0.3) is 10.6 Å². The number of amides is 1. The molecule has 1 fully saturated rings. The van der Waals surface area contributed by atoms with Gasteiger partial charge in [0.15, 0.2) is 11.5 Å². The Morgan fingerprint density at radius 3 is 2.53 bits per heavy atom. The first-order valence-corrected chi connectivity index (χ1v) is 12.4. The fourth-order valence-corrected chi connectivity index (χ4v) is 4.89. The standard InChI is InChI=1S/C26H31N3O4S/c1-4-18-5-7-19(8-6-18)26-28-21(17-34-26)25(30)27-16-22(29-11-13-33-14-12-29)20-9-10-23(31-2)24(15-20)32-3/h5-10,15,17,22H,4,11-14,16H2,1-3H3,(H,27,30)/t22-/m0/s1. The highest BCUT2D eigenvalue weighted by atomic mass is 32.1. The van der Waals surface area contributed by atoms with Crippen LogP contribution in [-0.2, 0) is 11.2 Å². The number of benzene rings is 2. The minimum absolute atomic E-state index is 0.0210. The van der Waals surface area contributed by atoms with Crippen molar-refractivity contribution < 1.29 is 19.0 Å². The van der Waals surface area contributed by atoms with Gasteiger partial charge in [0.05, 0.1) is 33.5 Å². The molecule has 0 spiro atoms. The molecule has 0 bridgehead atoms. The maximum absolute atomic E-state index is 13.0. The maximum Gasteiger partial charge on any atom is 0.270 e. The van der Waals surface area contributed by atoms with Crippen LogP contribution in [0.3, 0.4) is 0 Å². The Kier molecular flexibility index (Phi) is 8.16. The summed E-state index contributed by atoms with van der Waals surface area (Å²) in [6.45, 7) is 5.51. The van der Waals surface area contributed by atoms with Gasteiger partial charge in [-0.1, -0.05) is 37.3 Å². The molecule has 2 aromatic carbocycles. The molecule has 1 saturated heterocycles. The molecule has 0 aliphatic carbocycles. The molecule has 8 heteroatoms. The Bertz CT molecular complexity index is 1090. The van der Waals surface area contributed by atoms with Crippen LogP contribution >= 0.6 is 11.3 Å². The average molecular weight is 482 g/mol. The molecule has 0 saturated carbocycles. The second kappa shape index (κ2) is 11.5. The Hall–Kier alpha value is -2.94. The highest BCUT2D eigenvalue weighted by Gasteiger charge is 2.25. The molecule has 4 rings (SSSR count). The fourth-order valence-electron chi connectivity index (χ4n) is 4.08. The van der Waals surface area contributed by atoms with E-state index in [9.17, 15) is 4.79 Å². The molecular formula is C26H31N3O4S. The second-order valence-corrected chi connectivity index (χ2v) is 8.94. The predicted octanol–water partition coefficient (Wildman–Crippen LogP) is 4.19. The Morgan fingerprint density at radius 2 is 1.85 bits per heavy atom. The summed E-state index contributed by atoms with van der Waals surface area (Å²) < 4.78 is 16.4. The lowest BCUT2D eigenvalue weighted by Gasteiger charge is -2.35. The van der Waals surface area contributed by atoms with E-state index in [2.05, 4.69) is 46.4 Å². The summed E-state index contributed by atoms with van der Waals surface area (Å²) in [6.07, 6.45) is 0.996. The summed E-state index contributed by atoms with van der Waals surface area (Å²) >= 11 is 1.48. The summed E-state index contributed by atoms with van der Waals surface area (Å²) in [5.74, 6) is 1.17. The van der Waals surface area contributed by atoms with Gasteiger partial charge in [-0.2, -0.15) is 0 Å². The zero-order chi connectivity index (χ0) is 23.9. The molecule has 1 atom stereocenters.